The Kier molecular flexibility index (Phi) is 2.65. The normalized spacial score (nSPS) is 39.7. The van der Waals surface area contributed by atoms with Crippen LogP contribution in [0.2, 0.25) is 0 Å². The zero-order valence-corrected chi connectivity index (χ0v) is 11.9. The van der Waals surface area contributed by atoms with E-state index in [1.54, 1.807) is 6.42 Å². The first-order valence-electron chi connectivity index (χ1n) is 8.04. The highest BCUT2D eigenvalue weighted by atomic mass is 14.6. The van der Waals surface area contributed by atoms with Gasteiger partial charge in [0.2, 0.25) is 0 Å². The number of anilines is 1. The summed E-state index contributed by atoms with van der Waals surface area (Å²) in [4.78, 5) is 0. The Morgan fingerprint density at radius 3 is 2.21 bits per heavy atom. The highest BCUT2D eigenvalue weighted by Gasteiger charge is 2.47. The Morgan fingerprint density at radius 1 is 1.00 bits per heavy atom. The quantitative estimate of drug-likeness (QED) is 0.788. The Labute approximate surface area is 116 Å². The minimum absolute atomic E-state index is 0.954. The molecule has 4 bridgehead atoms. The van der Waals surface area contributed by atoms with E-state index >= 15 is 0 Å². The van der Waals surface area contributed by atoms with Crippen molar-refractivity contribution < 1.29 is 0 Å². The molecule has 1 nitrogen and oxygen atoms in total. The standard InChI is InChI=1S/C18H25N/c1-11-2-3-12(10-18(11)19)9-17-15-5-13-4-14(7-15)8-16(17)6-13/h2-3,10,13-17H,4-9,19H2,1H3. The molecular formula is C18H25N. The van der Waals surface area contributed by atoms with Gasteiger partial charge in [-0.1, -0.05) is 12.1 Å². The molecule has 0 saturated heterocycles. The molecule has 4 aliphatic rings. The molecule has 5 rings (SSSR count). The lowest BCUT2D eigenvalue weighted by molar-refractivity contribution is -0.0359. The lowest BCUT2D eigenvalue weighted by Crippen LogP contribution is -2.45. The lowest BCUT2D eigenvalue weighted by Gasteiger charge is -2.54. The van der Waals surface area contributed by atoms with E-state index in [0.29, 0.717) is 0 Å². The van der Waals surface area contributed by atoms with E-state index in [-0.39, 0.29) is 0 Å². The fourth-order valence-electron chi connectivity index (χ4n) is 5.46. The molecule has 0 unspecified atom stereocenters. The molecule has 0 radical (unpaired) electrons. The van der Waals surface area contributed by atoms with Crippen LogP contribution in [0.5, 0.6) is 0 Å². The van der Waals surface area contributed by atoms with E-state index in [4.69, 9.17) is 5.73 Å². The summed E-state index contributed by atoms with van der Waals surface area (Å²) < 4.78 is 0. The van der Waals surface area contributed by atoms with Gasteiger partial charge in [-0.15, -0.1) is 0 Å². The van der Waals surface area contributed by atoms with Crippen molar-refractivity contribution in [1.29, 1.82) is 0 Å². The Hall–Kier alpha value is -0.980. The Bertz CT molecular complexity index is 462. The van der Waals surface area contributed by atoms with E-state index < -0.39 is 0 Å². The number of hydrogen-bond donors (Lipinski definition) is 1. The van der Waals surface area contributed by atoms with Crippen LogP contribution in [-0.4, -0.2) is 0 Å². The van der Waals surface area contributed by atoms with Crippen LogP contribution in [0.4, 0.5) is 5.69 Å². The Balaban J connectivity index is 1.55. The van der Waals surface area contributed by atoms with Gasteiger partial charge >= 0.3 is 0 Å². The number of nitrogens with two attached hydrogens (primary N) is 1. The molecule has 1 aromatic carbocycles. The first-order chi connectivity index (χ1) is 9.19. The third kappa shape index (κ3) is 1.98. The average molecular weight is 255 g/mol. The van der Waals surface area contributed by atoms with Gasteiger partial charge in [-0.25, -0.2) is 0 Å². The molecule has 0 heterocycles. The Morgan fingerprint density at radius 2 is 1.63 bits per heavy atom. The van der Waals surface area contributed by atoms with Gasteiger partial charge in [-0.05, 0) is 92.2 Å². The molecule has 0 spiro atoms. The highest BCUT2D eigenvalue weighted by molar-refractivity contribution is 5.48. The van der Waals surface area contributed by atoms with E-state index in [9.17, 15) is 0 Å². The van der Waals surface area contributed by atoms with Crippen molar-refractivity contribution >= 4 is 5.69 Å². The van der Waals surface area contributed by atoms with Gasteiger partial charge in [0.15, 0.2) is 0 Å². The van der Waals surface area contributed by atoms with Crippen molar-refractivity contribution in [2.75, 3.05) is 5.73 Å². The summed E-state index contributed by atoms with van der Waals surface area (Å²) in [7, 11) is 0. The zero-order valence-electron chi connectivity index (χ0n) is 11.9. The molecule has 0 atom stereocenters. The van der Waals surface area contributed by atoms with Gasteiger partial charge in [0.25, 0.3) is 0 Å². The number of aryl methyl sites for hydroxylation is 1. The SMILES string of the molecule is Cc1ccc(CC2C3CC4CC(C3)CC2C4)cc1N. The second-order valence-corrected chi connectivity index (χ2v) is 7.49. The summed E-state index contributed by atoms with van der Waals surface area (Å²) >= 11 is 0. The van der Waals surface area contributed by atoms with Gasteiger partial charge < -0.3 is 5.73 Å². The topological polar surface area (TPSA) is 26.0 Å². The van der Waals surface area contributed by atoms with E-state index in [1.807, 2.05) is 0 Å². The van der Waals surface area contributed by atoms with Crippen LogP contribution in [0, 0.1) is 36.5 Å². The first-order valence-corrected chi connectivity index (χ1v) is 8.04. The largest absolute Gasteiger partial charge is 0.399 e. The van der Waals surface area contributed by atoms with Crippen molar-refractivity contribution in [2.45, 2.75) is 45.4 Å². The summed E-state index contributed by atoms with van der Waals surface area (Å²) in [6.07, 6.45) is 8.94. The summed E-state index contributed by atoms with van der Waals surface area (Å²) in [5.41, 5.74) is 9.73. The molecule has 4 fully saturated rings. The molecule has 1 heteroatoms. The van der Waals surface area contributed by atoms with Gasteiger partial charge in [0.05, 0.1) is 0 Å². The predicted octanol–water partition coefficient (Wildman–Crippen LogP) is 4.19. The van der Waals surface area contributed by atoms with Crippen LogP contribution in [0.25, 0.3) is 0 Å². The number of nitrogen functional groups attached to an aromatic ring is 1. The fraction of sp³-hybridized carbons (Fsp3) is 0.667. The second kappa shape index (κ2) is 4.26. The van der Waals surface area contributed by atoms with Crippen molar-refractivity contribution in [3.05, 3.63) is 29.3 Å². The molecule has 0 amide bonds. The van der Waals surface area contributed by atoms with Crippen LogP contribution in [0.15, 0.2) is 18.2 Å². The monoisotopic (exact) mass is 255 g/mol. The summed E-state index contributed by atoms with van der Waals surface area (Å²) in [5.74, 6) is 5.18. The molecule has 4 saturated carbocycles. The van der Waals surface area contributed by atoms with Crippen molar-refractivity contribution in [1.82, 2.24) is 0 Å². The number of rotatable bonds is 2. The molecular weight excluding hydrogens is 230 g/mol. The fourth-order valence-corrected chi connectivity index (χ4v) is 5.46. The lowest BCUT2D eigenvalue weighted by atomic mass is 9.51. The third-order valence-corrected chi connectivity index (χ3v) is 6.24. The van der Waals surface area contributed by atoms with Gasteiger partial charge in [0.1, 0.15) is 0 Å². The average Bonchev–Trinajstić information content (AvgIpc) is 2.37. The molecule has 19 heavy (non-hydrogen) atoms. The maximum Gasteiger partial charge on any atom is 0.0346 e. The molecule has 0 aliphatic heterocycles. The third-order valence-electron chi connectivity index (χ3n) is 6.24. The minimum Gasteiger partial charge on any atom is -0.399 e. The summed E-state index contributed by atoms with van der Waals surface area (Å²) in [6, 6.07) is 6.72. The molecule has 102 valence electrons. The van der Waals surface area contributed by atoms with E-state index in [2.05, 4.69) is 25.1 Å². The zero-order chi connectivity index (χ0) is 13.0. The maximum atomic E-state index is 6.07. The maximum absolute atomic E-state index is 6.07. The van der Waals surface area contributed by atoms with Crippen LogP contribution < -0.4 is 5.73 Å². The second-order valence-electron chi connectivity index (χ2n) is 7.49. The smallest absolute Gasteiger partial charge is 0.0346 e. The van der Waals surface area contributed by atoms with Crippen molar-refractivity contribution in [3.8, 4) is 0 Å². The van der Waals surface area contributed by atoms with Crippen LogP contribution in [0.3, 0.4) is 0 Å². The first kappa shape index (κ1) is 11.8. The van der Waals surface area contributed by atoms with Crippen LogP contribution >= 0.6 is 0 Å². The molecule has 4 aliphatic carbocycles. The van der Waals surface area contributed by atoms with Crippen molar-refractivity contribution in [2.24, 2.45) is 29.6 Å². The van der Waals surface area contributed by atoms with Gasteiger partial charge in [-0.3, -0.25) is 0 Å². The van der Waals surface area contributed by atoms with E-state index in [0.717, 1.165) is 35.3 Å². The van der Waals surface area contributed by atoms with Crippen LogP contribution in [0.1, 0.15) is 43.2 Å². The molecule has 1 aromatic rings. The highest BCUT2D eigenvalue weighted by Crippen LogP contribution is 2.57. The van der Waals surface area contributed by atoms with E-state index in [1.165, 1.54) is 43.2 Å². The molecule has 2 N–H and O–H groups in total. The number of benzene rings is 1. The van der Waals surface area contributed by atoms with Gasteiger partial charge in [-0.2, -0.15) is 0 Å². The summed E-state index contributed by atoms with van der Waals surface area (Å²) in [6.45, 7) is 2.10. The van der Waals surface area contributed by atoms with Crippen LogP contribution in [-0.2, 0) is 6.42 Å². The predicted molar refractivity (Wildman–Crippen MR) is 79.8 cm³/mol. The summed E-state index contributed by atoms with van der Waals surface area (Å²) in [5, 5.41) is 0. The van der Waals surface area contributed by atoms with Crippen molar-refractivity contribution in [3.63, 3.8) is 0 Å². The molecule has 0 aromatic heterocycles. The van der Waals surface area contributed by atoms with Gasteiger partial charge in [0, 0.05) is 5.69 Å². The number of hydrogen-bond acceptors (Lipinski definition) is 1. The minimum atomic E-state index is 0.954.